The Morgan fingerprint density at radius 2 is 2.06 bits per heavy atom. The van der Waals surface area contributed by atoms with Crippen LogP contribution >= 0.6 is 0 Å². The summed E-state index contributed by atoms with van der Waals surface area (Å²) in [6, 6.07) is 1.31. The van der Waals surface area contributed by atoms with Crippen molar-refractivity contribution >= 4 is 5.69 Å². The molecule has 0 atom stereocenters. The van der Waals surface area contributed by atoms with Gasteiger partial charge in [-0.15, -0.1) is 0 Å². The number of nitrogens with zero attached hydrogens (tertiary/aromatic N) is 4. The molecule has 0 aliphatic carbocycles. The zero-order chi connectivity index (χ0) is 11.8. The van der Waals surface area contributed by atoms with Crippen molar-refractivity contribution in [3.05, 3.63) is 30.5 Å². The van der Waals surface area contributed by atoms with Crippen molar-refractivity contribution in [1.29, 1.82) is 0 Å². The molecule has 2 aromatic rings. The van der Waals surface area contributed by atoms with Crippen LogP contribution in [0.4, 0.5) is 18.9 Å². The van der Waals surface area contributed by atoms with Crippen molar-refractivity contribution in [1.82, 2.24) is 19.7 Å². The fourth-order valence-electron chi connectivity index (χ4n) is 1.23. The molecule has 0 radical (unpaired) electrons. The minimum Gasteiger partial charge on any atom is -0.396 e. The van der Waals surface area contributed by atoms with E-state index in [1.165, 1.54) is 12.3 Å². The Labute approximate surface area is 87.7 Å². The third kappa shape index (κ3) is 1.69. The van der Waals surface area contributed by atoms with Crippen LogP contribution in [-0.4, -0.2) is 19.7 Å². The molecule has 16 heavy (non-hydrogen) atoms. The van der Waals surface area contributed by atoms with Crippen LogP contribution in [0.15, 0.2) is 24.8 Å². The normalized spacial score (nSPS) is 11.7. The molecule has 2 aromatic heterocycles. The highest BCUT2D eigenvalue weighted by Gasteiger charge is 2.38. The van der Waals surface area contributed by atoms with E-state index in [2.05, 4.69) is 15.1 Å². The lowest BCUT2D eigenvalue weighted by molar-refractivity contribution is -0.142. The van der Waals surface area contributed by atoms with Gasteiger partial charge >= 0.3 is 6.18 Å². The molecule has 2 heterocycles. The molecule has 0 aromatic carbocycles. The van der Waals surface area contributed by atoms with E-state index >= 15 is 0 Å². The van der Waals surface area contributed by atoms with E-state index < -0.39 is 17.6 Å². The van der Waals surface area contributed by atoms with E-state index in [9.17, 15) is 13.2 Å². The summed E-state index contributed by atoms with van der Waals surface area (Å²) in [5, 5.41) is 3.53. The highest BCUT2D eigenvalue weighted by molar-refractivity contribution is 5.45. The first-order chi connectivity index (χ1) is 7.50. The van der Waals surface area contributed by atoms with Gasteiger partial charge in [0.05, 0.1) is 11.9 Å². The summed E-state index contributed by atoms with van der Waals surface area (Å²) in [4.78, 5) is 7.28. The number of halogens is 3. The molecule has 2 N–H and O–H groups in total. The first-order valence-corrected chi connectivity index (χ1v) is 4.17. The summed E-state index contributed by atoms with van der Waals surface area (Å²) in [6.07, 6.45) is -1.19. The van der Waals surface area contributed by atoms with Gasteiger partial charge in [0.2, 0.25) is 0 Å². The molecule has 0 saturated carbocycles. The van der Waals surface area contributed by atoms with Crippen molar-refractivity contribution in [2.75, 3.05) is 5.73 Å². The minimum atomic E-state index is -4.58. The Morgan fingerprint density at radius 3 is 2.62 bits per heavy atom. The molecular formula is C8H6F3N5. The fraction of sp³-hybridized carbons (Fsp3) is 0.125. The van der Waals surface area contributed by atoms with Gasteiger partial charge in [0.15, 0.2) is 11.5 Å². The molecule has 0 bridgehead atoms. The van der Waals surface area contributed by atoms with E-state index in [0.29, 0.717) is 4.68 Å². The number of nitrogen functional groups attached to an aromatic ring is 1. The van der Waals surface area contributed by atoms with Gasteiger partial charge in [0, 0.05) is 12.3 Å². The molecule has 0 aliphatic heterocycles. The number of hydrogen-bond acceptors (Lipinski definition) is 4. The Bertz CT molecular complexity index is 490. The summed E-state index contributed by atoms with van der Waals surface area (Å²) in [5.74, 6) is 0.0130. The van der Waals surface area contributed by atoms with E-state index in [1.807, 2.05) is 0 Å². The third-order valence-electron chi connectivity index (χ3n) is 1.85. The summed E-state index contributed by atoms with van der Waals surface area (Å²) >= 11 is 0. The topological polar surface area (TPSA) is 69.6 Å². The van der Waals surface area contributed by atoms with Gasteiger partial charge in [-0.1, -0.05) is 0 Å². The van der Waals surface area contributed by atoms with Gasteiger partial charge in [0.1, 0.15) is 6.33 Å². The van der Waals surface area contributed by atoms with Gasteiger partial charge in [0.25, 0.3) is 0 Å². The summed E-state index contributed by atoms with van der Waals surface area (Å²) in [7, 11) is 0. The predicted octanol–water partition coefficient (Wildman–Crippen LogP) is 1.26. The van der Waals surface area contributed by atoms with E-state index in [4.69, 9.17) is 5.73 Å². The maximum atomic E-state index is 12.6. The number of rotatable bonds is 1. The average molecular weight is 229 g/mol. The second-order valence-corrected chi connectivity index (χ2v) is 2.93. The van der Waals surface area contributed by atoms with Crippen molar-refractivity contribution in [2.24, 2.45) is 0 Å². The van der Waals surface area contributed by atoms with E-state index in [-0.39, 0.29) is 5.82 Å². The van der Waals surface area contributed by atoms with Gasteiger partial charge < -0.3 is 5.73 Å². The molecule has 0 spiro atoms. The lowest BCUT2D eigenvalue weighted by Crippen LogP contribution is -2.15. The summed E-state index contributed by atoms with van der Waals surface area (Å²) < 4.78 is 38.6. The largest absolute Gasteiger partial charge is 0.435 e. The highest BCUT2D eigenvalue weighted by Crippen LogP contribution is 2.34. The number of alkyl halides is 3. The molecule has 0 aliphatic rings. The lowest BCUT2D eigenvalue weighted by atomic mass is 10.3. The van der Waals surface area contributed by atoms with Crippen molar-refractivity contribution in [2.45, 2.75) is 6.18 Å². The Balaban J connectivity index is 2.60. The quantitative estimate of drug-likeness (QED) is 0.799. The monoisotopic (exact) mass is 229 g/mol. The maximum Gasteiger partial charge on any atom is 0.435 e. The number of nitrogens with two attached hydrogens (primary N) is 1. The Hall–Kier alpha value is -2.12. The minimum absolute atomic E-state index is 0.0130. The summed E-state index contributed by atoms with van der Waals surface area (Å²) in [6.45, 7) is 0. The molecular weight excluding hydrogens is 223 g/mol. The molecule has 0 amide bonds. The van der Waals surface area contributed by atoms with Crippen LogP contribution in [0.5, 0.6) is 0 Å². The SMILES string of the molecule is Nc1cnn(-c2ccncn2)c1C(F)(F)F. The molecule has 5 nitrogen and oxygen atoms in total. The Kier molecular flexibility index (Phi) is 2.26. The highest BCUT2D eigenvalue weighted by atomic mass is 19.4. The predicted molar refractivity (Wildman–Crippen MR) is 48.6 cm³/mol. The molecule has 8 heteroatoms. The molecule has 84 valence electrons. The van der Waals surface area contributed by atoms with Crippen molar-refractivity contribution in [3.63, 3.8) is 0 Å². The van der Waals surface area contributed by atoms with Crippen LogP contribution in [0.25, 0.3) is 5.82 Å². The maximum absolute atomic E-state index is 12.6. The van der Waals surface area contributed by atoms with Gasteiger partial charge in [-0.2, -0.15) is 18.3 Å². The number of anilines is 1. The first kappa shape index (κ1) is 10.4. The molecule has 0 fully saturated rings. The zero-order valence-electron chi connectivity index (χ0n) is 7.81. The third-order valence-corrected chi connectivity index (χ3v) is 1.85. The second kappa shape index (κ2) is 3.47. The van der Waals surface area contributed by atoms with Crippen LogP contribution < -0.4 is 5.73 Å². The first-order valence-electron chi connectivity index (χ1n) is 4.17. The smallest absolute Gasteiger partial charge is 0.396 e. The van der Waals surface area contributed by atoms with Gasteiger partial charge in [-0.05, 0) is 0 Å². The van der Waals surface area contributed by atoms with Gasteiger partial charge in [-0.3, -0.25) is 0 Å². The molecule has 0 unspecified atom stereocenters. The van der Waals surface area contributed by atoms with Crippen LogP contribution in [-0.2, 0) is 6.18 Å². The van der Waals surface area contributed by atoms with Crippen molar-refractivity contribution in [3.8, 4) is 5.82 Å². The summed E-state index contributed by atoms with van der Waals surface area (Å²) in [5.41, 5.74) is 3.74. The van der Waals surface area contributed by atoms with Crippen molar-refractivity contribution < 1.29 is 13.2 Å². The van der Waals surface area contributed by atoms with E-state index in [1.54, 1.807) is 0 Å². The van der Waals surface area contributed by atoms with Gasteiger partial charge in [-0.25, -0.2) is 14.6 Å². The zero-order valence-corrected chi connectivity index (χ0v) is 7.81. The fourth-order valence-corrected chi connectivity index (χ4v) is 1.23. The van der Waals surface area contributed by atoms with E-state index in [0.717, 1.165) is 12.5 Å². The van der Waals surface area contributed by atoms with Crippen LogP contribution in [0.1, 0.15) is 5.69 Å². The standard InChI is InChI=1S/C8H6F3N5/c9-8(10,11)7-5(12)3-15-16(7)6-1-2-13-4-14-6/h1-4H,12H2. The lowest BCUT2D eigenvalue weighted by Gasteiger charge is -2.09. The molecule has 0 saturated heterocycles. The van der Waals surface area contributed by atoms with Crippen LogP contribution in [0, 0.1) is 0 Å². The molecule has 2 rings (SSSR count). The van der Waals surface area contributed by atoms with Crippen LogP contribution in [0.2, 0.25) is 0 Å². The second-order valence-electron chi connectivity index (χ2n) is 2.93. The average Bonchev–Trinajstić information content (AvgIpc) is 2.61. The Morgan fingerprint density at radius 1 is 1.31 bits per heavy atom. The number of aromatic nitrogens is 4. The number of hydrogen-bond donors (Lipinski definition) is 1. The van der Waals surface area contributed by atoms with Crippen LogP contribution in [0.3, 0.4) is 0 Å².